The molecule has 2 aromatic carbocycles. The lowest BCUT2D eigenvalue weighted by Crippen LogP contribution is -2.20. The van der Waals surface area contributed by atoms with E-state index in [-0.39, 0.29) is 11.9 Å². The van der Waals surface area contributed by atoms with Crippen molar-refractivity contribution in [3.8, 4) is 0 Å². The molecule has 0 spiro atoms. The maximum absolute atomic E-state index is 14.2. The van der Waals surface area contributed by atoms with Crippen molar-refractivity contribution in [2.24, 2.45) is 0 Å². The lowest BCUT2D eigenvalue weighted by atomic mass is 9.91. The Kier molecular flexibility index (Phi) is 4.24. The summed E-state index contributed by atoms with van der Waals surface area (Å²) in [5.74, 6) is -0.160. The lowest BCUT2D eigenvalue weighted by Gasteiger charge is -2.22. The molecule has 1 N–H and O–H groups in total. The Morgan fingerprint density at radius 3 is 2.15 bits per heavy atom. The van der Waals surface area contributed by atoms with Crippen molar-refractivity contribution in [3.05, 3.63) is 69.5 Å². The van der Waals surface area contributed by atoms with Gasteiger partial charge in [-0.2, -0.15) is 0 Å². The Morgan fingerprint density at radius 1 is 0.850 bits per heavy atom. The fraction of sp³-hybridized carbons (Fsp3) is 0.333. The van der Waals surface area contributed by atoms with Gasteiger partial charge in [-0.1, -0.05) is 29.8 Å². The van der Waals surface area contributed by atoms with Crippen molar-refractivity contribution in [1.29, 1.82) is 0 Å². The molecule has 0 saturated heterocycles. The molecule has 1 atom stereocenters. The summed E-state index contributed by atoms with van der Waals surface area (Å²) in [7, 11) is 1.88. The van der Waals surface area contributed by atoms with Crippen LogP contribution in [0.15, 0.2) is 30.3 Å². The van der Waals surface area contributed by atoms with Crippen LogP contribution >= 0.6 is 0 Å². The number of aryl methyl sites for hydroxylation is 4. The first-order valence-electron chi connectivity index (χ1n) is 6.95. The quantitative estimate of drug-likeness (QED) is 0.874. The number of rotatable bonds is 3. The largest absolute Gasteiger partial charge is 0.309 e. The van der Waals surface area contributed by atoms with Gasteiger partial charge in [-0.25, -0.2) is 4.39 Å². The third kappa shape index (κ3) is 2.75. The van der Waals surface area contributed by atoms with Gasteiger partial charge in [0.25, 0.3) is 0 Å². The Balaban J connectivity index is 2.58. The summed E-state index contributed by atoms with van der Waals surface area (Å²) in [6, 6.07) is 9.49. The van der Waals surface area contributed by atoms with Crippen molar-refractivity contribution in [2.75, 3.05) is 7.05 Å². The molecule has 20 heavy (non-hydrogen) atoms. The van der Waals surface area contributed by atoms with E-state index < -0.39 is 0 Å². The van der Waals surface area contributed by atoms with Crippen molar-refractivity contribution < 1.29 is 4.39 Å². The molecule has 2 aromatic rings. The average Bonchev–Trinajstić information content (AvgIpc) is 2.40. The van der Waals surface area contributed by atoms with Gasteiger partial charge in [-0.05, 0) is 63.1 Å². The predicted octanol–water partition coefficient (Wildman–Crippen LogP) is 4.37. The van der Waals surface area contributed by atoms with Crippen LogP contribution in [0.4, 0.5) is 4.39 Å². The van der Waals surface area contributed by atoms with Crippen LogP contribution in [0.2, 0.25) is 0 Å². The molecule has 0 amide bonds. The molecule has 0 fully saturated rings. The molecule has 0 aliphatic heterocycles. The van der Waals surface area contributed by atoms with Gasteiger partial charge in [0.1, 0.15) is 5.82 Å². The molecular weight excluding hydrogens is 249 g/mol. The summed E-state index contributed by atoms with van der Waals surface area (Å²) in [5.41, 5.74) is 6.61. The standard InChI is InChI=1S/C18H22FN/c1-11-6-7-17(19)16(8-11)18(20-5)15-10-13(3)12(2)9-14(15)4/h6-10,18,20H,1-5H3. The van der Waals surface area contributed by atoms with Crippen LogP contribution in [-0.2, 0) is 0 Å². The summed E-state index contributed by atoms with van der Waals surface area (Å²) in [4.78, 5) is 0. The van der Waals surface area contributed by atoms with Gasteiger partial charge < -0.3 is 5.32 Å². The summed E-state index contributed by atoms with van der Waals surface area (Å²) in [6.45, 7) is 8.27. The van der Waals surface area contributed by atoms with E-state index in [0.717, 1.165) is 11.1 Å². The second-order valence-electron chi connectivity index (χ2n) is 5.54. The molecule has 2 heteroatoms. The van der Waals surface area contributed by atoms with Crippen LogP contribution in [0, 0.1) is 33.5 Å². The fourth-order valence-electron chi connectivity index (χ4n) is 2.66. The second kappa shape index (κ2) is 5.76. The maximum atomic E-state index is 14.2. The highest BCUT2D eigenvalue weighted by molar-refractivity contribution is 5.43. The van der Waals surface area contributed by atoms with Crippen molar-refractivity contribution in [3.63, 3.8) is 0 Å². The Hall–Kier alpha value is -1.67. The van der Waals surface area contributed by atoms with Gasteiger partial charge >= 0.3 is 0 Å². The van der Waals surface area contributed by atoms with E-state index in [9.17, 15) is 4.39 Å². The topological polar surface area (TPSA) is 12.0 Å². The first-order chi connectivity index (χ1) is 9.43. The average molecular weight is 271 g/mol. The lowest BCUT2D eigenvalue weighted by molar-refractivity contribution is 0.574. The zero-order valence-corrected chi connectivity index (χ0v) is 12.8. The summed E-state index contributed by atoms with van der Waals surface area (Å²) in [5, 5.41) is 3.25. The highest BCUT2D eigenvalue weighted by Gasteiger charge is 2.18. The minimum absolute atomic E-state index is 0.116. The molecule has 1 nitrogen and oxygen atoms in total. The van der Waals surface area contributed by atoms with E-state index in [1.807, 2.05) is 20.0 Å². The summed E-state index contributed by atoms with van der Waals surface area (Å²) in [6.07, 6.45) is 0. The first-order valence-corrected chi connectivity index (χ1v) is 6.95. The van der Waals surface area contributed by atoms with Gasteiger partial charge in [-0.3, -0.25) is 0 Å². The normalized spacial score (nSPS) is 12.5. The summed E-state index contributed by atoms with van der Waals surface area (Å²) >= 11 is 0. The van der Waals surface area contributed by atoms with Crippen LogP contribution in [0.3, 0.4) is 0 Å². The number of hydrogen-bond acceptors (Lipinski definition) is 1. The van der Waals surface area contributed by atoms with Gasteiger partial charge in [0.05, 0.1) is 6.04 Å². The van der Waals surface area contributed by atoms with Gasteiger partial charge in [0, 0.05) is 5.56 Å². The van der Waals surface area contributed by atoms with Gasteiger partial charge in [-0.15, -0.1) is 0 Å². The second-order valence-corrected chi connectivity index (χ2v) is 5.54. The van der Waals surface area contributed by atoms with E-state index in [1.165, 1.54) is 16.7 Å². The van der Waals surface area contributed by atoms with Gasteiger partial charge in [0.15, 0.2) is 0 Å². The van der Waals surface area contributed by atoms with Crippen molar-refractivity contribution in [1.82, 2.24) is 5.32 Å². The molecule has 0 bridgehead atoms. The zero-order chi connectivity index (χ0) is 14.9. The minimum atomic E-state index is -0.160. The highest BCUT2D eigenvalue weighted by Crippen LogP contribution is 2.29. The molecular formula is C18H22FN. The van der Waals surface area contributed by atoms with Gasteiger partial charge in [0.2, 0.25) is 0 Å². The molecule has 106 valence electrons. The number of hydrogen-bond donors (Lipinski definition) is 1. The predicted molar refractivity (Wildman–Crippen MR) is 82.7 cm³/mol. The number of halogens is 1. The van der Waals surface area contributed by atoms with E-state index >= 15 is 0 Å². The first kappa shape index (κ1) is 14.7. The third-order valence-electron chi connectivity index (χ3n) is 3.94. The zero-order valence-electron chi connectivity index (χ0n) is 12.8. The fourth-order valence-corrected chi connectivity index (χ4v) is 2.66. The molecule has 0 aliphatic rings. The monoisotopic (exact) mass is 271 g/mol. The van der Waals surface area contributed by atoms with E-state index in [1.54, 1.807) is 12.1 Å². The Morgan fingerprint density at radius 2 is 1.50 bits per heavy atom. The van der Waals surface area contributed by atoms with Crippen molar-refractivity contribution in [2.45, 2.75) is 33.7 Å². The molecule has 2 rings (SSSR count). The number of nitrogens with one attached hydrogen (secondary N) is 1. The van der Waals surface area contributed by atoms with E-state index in [2.05, 4.69) is 38.2 Å². The maximum Gasteiger partial charge on any atom is 0.128 e. The Labute approximate surface area is 120 Å². The molecule has 0 radical (unpaired) electrons. The van der Waals surface area contributed by atoms with Crippen LogP contribution in [-0.4, -0.2) is 7.05 Å². The molecule has 1 unspecified atom stereocenters. The molecule has 0 saturated carbocycles. The molecule has 0 heterocycles. The van der Waals surface area contributed by atoms with Crippen LogP contribution in [0.5, 0.6) is 0 Å². The van der Waals surface area contributed by atoms with E-state index in [0.29, 0.717) is 5.56 Å². The minimum Gasteiger partial charge on any atom is -0.309 e. The van der Waals surface area contributed by atoms with Crippen LogP contribution in [0.1, 0.15) is 39.4 Å². The van der Waals surface area contributed by atoms with E-state index in [4.69, 9.17) is 0 Å². The Bertz CT molecular complexity index is 632. The van der Waals surface area contributed by atoms with Crippen LogP contribution in [0.25, 0.3) is 0 Å². The number of benzene rings is 2. The SMILES string of the molecule is CNC(c1cc(C)c(C)cc1C)c1cc(C)ccc1F. The van der Waals surface area contributed by atoms with Crippen LogP contribution < -0.4 is 5.32 Å². The highest BCUT2D eigenvalue weighted by atomic mass is 19.1. The smallest absolute Gasteiger partial charge is 0.128 e. The third-order valence-corrected chi connectivity index (χ3v) is 3.94. The summed E-state index contributed by atoms with van der Waals surface area (Å²) < 4.78 is 14.2. The molecule has 0 aliphatic carbocycles. The van der Waals surface area contributed by atoms with Crippen molar-refractivity contribution >= 4 is 0 Å². The molecule has 0 aromatic heterocycles.